The summed E-state index contributed by atoms with van der Waals surface area (Å²) in [6.07, 6.45) is 0. The molecule has 5 nitrogen and oxygen atoms in total. The summed E-state index contributed by atoms with van der Waals surface area (Å²) in [5.74, 6) is 0. The molecule has 0 saturated carbocycles. The number of rotatable bonds is 0. The van der Waals surface area contributed by atoms with E-state index in [0.29, 0.717) is 0 Å². The van der Waals surface area contributed by atoms with Crippen LogP contribution in [0.2, 0.25) is 0 Å². The first-order chi connectivity index (χ1) is 6.11. The van der Waals surface area contributed by atoms with Crippen LogP contribution in [0.3, 0.4) is 0 Å². The highest BCUT2D eigenvalue weighted by molar-refractivity contribution is 5.13. The first kappa shape index (κ1) is 7.60. The average Bonchev–Trinajstić information content (AvgIpc) is 2.36. The average molecular weight is 177 g/mol. The molecule has 2 rings (SSSR count). The zero-order chi connectivity index (χ0) is 9.59. The highest BCUT2D eigenvalue weighted by Crippen LogP contribution is 1.73. The molecule has 0 radical (unpaired) electrons. The SMILES string of the molecule is O=c1ccc(=O)c2c(=O)[nH]c(=O)c1=2. The van der Waals surface area contributed by atoms with Gasteiger partial charge in [-0.2, -0.15) is 0 Å². The van der Waals surface area contributed by atoms with Crippen molar-refractivity contribution in [2.45, 2.75) is 0 Å². The summed E-state index contributed by atoms with van der Waals surface area (Å²) in [6.45, 7) is 0. The Morgan fingerprint density at radius 2 is 1.15 bits per heavy atom. The van der Waals surface area contributed by atoms with Crippen LogP contribution in [0.4, 0.5) is 0 Å². The van der Waals surface area contributed by atoms with Gasteiger partial charge in [0.25, 0.3) is 11.1 Å². The van der Waals surface area contributed by atoms with E-state index in [-0.39, 0.29) is 10.4 Å². The van der Waals surface area contributed by atoms with Crippen LogP contribution in [0.1, 0.15) is 0 Å². The van der Waals surface area contributed by atoms with Crippen LogP contribution in [0, 0.1) is 10.4 Å². The highest BCUT2D eigenvalue weighted by atomic mass is 16.2. The van der Waals surface area contributed by atoms with Crippen molar-refractivity contribution >= 4 is 0 Å². The standard InChI is InChI=1S/C8H3NO4/c10-3-1-2-4(11)6-5(3)7(12)9-8(6)13/h1-2H,(H,9,12,13). The van der Waals surface area contributed by atoms with Crippen LogP contribution in [-0.2, 0) is 0 Å². The lowest BCUT2D eigenvalue weighted by Crippen LogP contribution is -2.17. The lowest BCUT2D eigenvalue weighted by Gasteiger charge is -1.75. The van der Waals surface area contributed by atoms with Gasteiger partial charge in [-0.25, -0.2) is 0 Å². The van der Waals surface area contributed by atoms with Crippen LogP contribution in [-0.4, -0.2) is 4.98 Å². The third kappa shape index (κ3) is 0.868. The fourth-order valence-corrected chi connectivity index (χ4v) is 1.24. The fraction of sp³-hybridized carbons (Fsp3) is 0. The molecule has 1 N–H and O–H groups in total. The molecule has 0 spiro atoms. The summed E-state index contributed by atoms with van der Waals surface area (Å²) in [5.41, 5.74) is -2.78. The molecule has 64 valence electrons. The topological polar surface area (TPSA) is 84.1 Å². The monoisotopic (exact) mass is 177 g/mol. The molecule has 0 atom stereocenters. The largest absolute Gasteiger partial charge is 0.289 e. The summed E-state index contributed by atoms with van der Waals surface area (Å²) >= 11 is 0. The molecule has 0 amide bonds. The van der Waals surface area contributed by atoms with E-state index in [9.17, 15) is 19.2 Å². The summed E-state index contributed by atoms with van der Waals surface area (Å²) < 4.78 is 0. The van der Waals surface area contributed by atoms with Crippen molar-refractivity contribution in [1.29, 1.82) is 0 Å². The molecule has 1 aliphatic heterocycles. The molecule has 13 heavy (non-hydrogen) atoms. The van der Waals surface area contributed by atoms with Gasteiger partial charge in [0, 0.05) is 0 Å². The predicted octanol–water partition coefficient (Wildman–Crippen LogP) is -1.94. The van der Waals surface area contributed by atoms with Crippen molar-refractivity contribution in [1.82, 2.24) is 4.98 Å². The van der Waals surface area contributed by atoms with Crippen molar-refractivity contribution < 1.29 is 0 Å². The minimum atomic E-state index is -0.789. The smallest absolute Gasteiger partial charge is 0.263 e. The number of H-pyrrole nitrogens is 1. The van der Waals surface area contributed by atoms with Gasteiger partial charge in [0.1, 0.15) is 10.4 Å². The van der Waals surface area contributed by atoms with Crippen LogP contribution in [0.15, 0.2) is 31.3 Å². The van der Waals surface area contributed by atoms with E-state index in [1.54, 1.807) is 0 Å². The normalized spacial score (nSPS) is 10.8. The minimum absolute atomic E-state index is 0.336. The second kappa shape index (κ2) is 2.22. The highest BCUT2D eigenvalue weighted by Gasteiger charge is 2.07. The Kier molecular flexibility index (Phi) is 1.30. The van der Waals surface area contributed by atoms with Gasteiger partial charge in [-0.15, -0.1) is 0 Å². The molecule has 0 unspecified atom stereocenters. The zero-order valence-electron chi connectivity index (χ0n) is 6.29. The second-order valence-corrected chi connectivity index (χ2v) is 2.60. The molecule has 0 bridgehead atoms. The Balaban J connectivity index is 3.58. The Bertz CT molecular complexity index is 656. The number of hydrogen-bond donors (Lipinski definition) is 1. The van der Waals surface area contributed by atoms with Crippen LogP contribution in [0.25, 0.3) is 0 Å². The maximum absolute atomic E-state index is 11.1. The fourth-order valence-electron chi connectivity index (χ4n) is 1.24. The van der Waals surface area contributed by atoms with Crippen LogP contribution in [0.5, 0.6) is 0 Å². The Hall–Kier alpha value is -2.04. The second-order valence-electron chi connectivity index (χ2n) is 2.60. The van der Waals surface area contributed by atoms with E-state index in [2.05, 4.69) is 0 Å². The van der Waals surface area contributed by atoms with Gasteiger partial charge in [0.15, 0.2) is 10.9 Å². The maximum Gasteiger partial charge on any atom is 0.263 e. The first-order valence-corrected chi connectivity index (χ1v) is 3.48. The van der Waals surface area contributed by atoms with Gasteiger partial charge >= 0.3 is 0 Å². The lowest BCUT2D eigenvalue weighted by atomic mass is 10.2. The Morgan fingerprint density at radius 3 is 1.54 bits per heavy atom. The summed E-state index contributed by atoms with van der Waals surface area (Å²) in [6, 6.07) is 1.97. The van der Waals surface area contributed by atoms with E-state index in [4.69, 9.17) is 0 Å². The van der Waals surface area contributed by atoms with Crippen LogP contribution >= 0.6 is 0 Å². The molecule has 2 aliphatic rings. The van der Waals surface area contributed by atoms with Gasteiger partial charge in [-0.05, 0) is 12.1 Å². The van der Waals surface area contributed by atoms with Crippen molar-refractivity contribution in [2.24, 2.45) is 0 Å². The van der Waals surface area contributed by atoms with Gasteiger partial charge in [-0.1, -0.05) is 0 Å². The maximum atomic E-state index is 11.1. The van der Waals surface area contributed by atoms with E-state index >= 15 is 0 Å². The third-order valence-corrected chi connectivity index (χ3v) is 1.81. The third-order valence-electron chi connectivity index (χ3n) is 1.81. The molecule has 0 fully saturated rings. The molecule has 1 aliphatic carbocycles. The van der Waals surface area contributed by atoms with Gasteiger partial charge in [0.05, 0.1) is 0 Å². The molecule has 5 heteroatoms. The van der Waals surface area contributed by atoms with E-state index < -0.39 is 22.0 Å². The van der Waals surface area contributed by atoms with Crippen LogP contribution < -0.4 is 22.0 Å². The van der Waals surface area contributed by atoms with Gasteiger partial charge in [-0.3, -0.25) is 24.2 Å². The quantitative estimate of drug-likeness (QED) is 0.507. The lowest BCUT2D eigenvalue weighted by molar-refractivity contribution is 1.22. The molecule has 1 heterocycles. The van der Waals surface area contributed by atoms with Gasteiger partial charge < -0.3 is 0 Å². The van der Waals surface area contributed by atoms with Crippen molar-refractivity contribution in [2.75, 3.05) is 0 Å². The Morgan fingerprint density at radius 1 is 0.769 bits per heavy atom. The minimum Gasteiger partial charge on any atom is -0.289 e. The molecule has 0 saturated heterocycles. The molecular weight excluding hydrogens is 174 g/mol. The van der Waals surface area contributed by atoms with E-state index in [0.717, 1.165) is 12.1 Å². The number of hydrogen-bond acceptors (Lipinski definition) is 4. The Labute approximate surface area is 69.6 Å². The predicted molar refractivity (Wildman–Crippen MR) is 43.5 cm³/mol. The van der Waals surface area contributed by atoms with Gasteiger partial charge in [0.2, 0.25) is 0 Å². The molecular formula is C8H3NO4. The number of aromatic nitrogens is 1. The molecule has 0 aromatic rings. The molecule has 0 aromatic carbocycles. The summed E-state index contributed by atoms with van der Waals surface area (Å²) in [7, 11) is 0. The number of nitrogens with one attached hydrogen (secondary N) is 1. The zero-order valence-corrected chi connectivity index (χ0v) is 6.29. The van der Waals surface area contributed by atoms with Crippen molar-refractivity contribution in [3.05, 3.63) is 63.7 Å². The summed E-state index contributed by atoms with van der Waals surface area (Å²) in [5, 5.41) is -0.671. The van der Waals surface area contributed by atoms with E-state index in [1.807, 2.05) is 4.98 Å². The van der Waals surface area contributed by atoms with Crippen molar-refractivity contribution in [3.63, 3.8) is 0 Å². The molecule has 0 aromatic heterocycles. The van der Waals surface area contributed by atoms with Crippen molar-refractivity contribution in [3.8, 4) is 0 Å². The van der Waals surface area contributed by atoms with E-state index in [1.165, 1.54) is 0 Å². The first-order valence-electron chi connectivity index (χ1n) is 3.48. The summed E-state index contributed by atoms with van der Waals surface area (Å²) in [4.78, 5) is 46.0. The number of aromatic amines is 1.